The fraction of sp³-hybridized carbons (Fsp3) is 0.385. The number of hydrogen-bond donors (Lipinski definition) is 1. The van der Waals surface area contributed by atoms with E-state index in [1.54, 1.807) is 11.9 Å². The second kappa shape index (κ2) is 6.02. The van der Waals surface area contributed by atoms with Gasteiger partial charge in [-0.2, -0.15) is 5.26 Å². The van der Waals surface area contributed by atoms with Crippen molar-refractivity contribution in [2.75, 3.05) is 25.5 Å². The molecule has 0 bridgehead atoms. The van der Waals surface area contributed by atoms with Gasteiger partial charge in [-0.3, -0.25) is 9.69 Å². The highest BCUT2D eigenvalue weighted by atomic mass is 16.2. The molecule has 0 aliphatic carbocycles. The first kappa shape index (κ1) is 13.2. The van der Waals surface area contributed by atoms with Gasteiger partial charge in [0, 0.05) is 5.69 Å². The summed E-state index contributed by atoms with van der Waals surface area (Å²) in [6.07, 6.45) is 0. The third kappa shape index (κ3) is 4.25. The van der Waals surface area contributed by atoms with Crippen LogP contribution in [-0.4, -0.2) is 30.9 Å². The predicted molar refractivity (Wildman–Crippen MR) is 67.7 cm³/mol. The molecular formula is C13H17N3O. The average Bonchev–Trinajstić information content (AvgIpc) is 2.23. The number of nitrogens with one attached hydrogen (secondary N) is 1. The number of likely N-dealkylation sites (N-methyl/N-ethyl adjacent to an activating group) is 1. The van der Waals surface area contributed by atoms with Crippen LogP contribution in [0.15, 0.2) is 18.2 Å². The lowest BCUT2D eigenvalue weighted by molar-refractivity contribution is -0.116. The number of anilines is 1. The van der Waals surface area contributed by atoms with Gasteiger partial charge in [-0.05, 0) is 38.1 Å². The molecule has 0 aromatic heterocycles. The average molecular weight is 231 g/mol. The molecule has 0 spiro atoms. The van der Waals surface area contributed by atoms with Crippen LogP contribution in [0.1, 0.15) is 11.1 Å². The molecular weight excluding hydrogens is 214 g/mol. The molecule has 0 saturated carbocycles. The van der Waals surface area contributed by atoms with Crippen LogP contribution in [0.4, 0.5) is 5.69 Å². The summed E-state index contributed by atoms with van der Waals surface area (Å²) in [6, 6.07) is 7.93. The summed E-state index contributed by atoms with van der Waals surface area (Å²) in [5, 5.41) is 11.3. The lowest BCUT2D eigenvalue weighted by atomic mass is 10.1. The van der Waals surface area contributed by atoms with Gasteiger partial charge in [-0.15, -0.1) is 0 Å². The maximum Gasteiger partial charge on any atom is 0.238 e. The van der Waals surface area contributed by atoms with Crippen LogP contribution < -0.4 is 5.32 Å². The van der Waals surface area contributed by atoms with Crippen LogP contribution >= 0.6 is 0 Å². The molecule has 4 nitrogen and oxygen atoms in total. The van der Waals surface area contributed by atoms with Crippen molar-refractivity contribution in [1.82, 2.24) is 4.90 Å². The van der Waals surface area contributed by atoms with E-state index in [0.29, 0.717) is 0 Å². The number of carbonyl (C=O) groups is 1. The van der Waals surface area contributed by atoms with Gasteiger partial charge >= 0.3 is 0 Å². The minimum Gasteiger partial charge on any atom is -0.325 e. The van der Waals surface area contributed by atoms with E-state index in [0.717, 1.165) is 16.8 Å². The molecule has 4 heteroatoms. The molecule has 0 saturated heterocycles. The van der Waals surface area contributed by atoms with Gasteiger partial charge in [0.05, 0.1) is 19.2 Å². The van der Waals surface area contributed by atoms with Crippen LogP contribution in [0.2, 0.25) is 0 Å². The maximum atomic E-state index is 11.7. The summed E-state index contributed by atoms with van der Waals surface area (Å²) in [7, 11) is 1.74. The van der Waals surface area contributed by atoms with Gasteiger partial charge in [0.25, 0.3) is 0 Å². The van der Waals surface area contributed by atoms with E-state index in [-0.39, 0.29) is 19.0 Å². The van der Waals surface area contributed by atoms with E-state index < -0.39 is 0 Å². The Kier molecular flexibility index (Phi) is 4.68. The molecule has 1 amide bonds. The van der Waals surface area contributed by atoms with Crippen molar-refractivity contribution in [1.29, 1.82) is 5.26 Å². The van der Waals surface area contributed by atoms with Crippen molar-refractivity contribution in [2.45, 2.75) is 13.8 Å². The van der Waals surface area contributed by atoms with Gasteiger partial charge in [-0.1, -0.05) is 12.1 Å². The maximum absolute atomic E-state index is 11.7. The highest BCUT2D eigenvalue weighted by Gasteiger charge is 2.07. The largest absolute Gasteiger partial charge is 0.325 e. The topological polar surface area (TPSA) is 56.1 Å². The zero-order valence-corrected chi connectivity index (χ0v) is 10.4. The molecule has 0 unspecified atom stereocenters. The van der Waals surface area contributed by atoms with E-state index in [2.05, 4.69) is 5.32 Å². The number of benzene rings is 1. The summed E-state index contributed by atoms with van der Waals surface area (Å²) < 4.78 is 0. The second-order valence-electron chi connectivity index (χ2n) is 4.20. The first-order chi connectivity index (χ1) is 8.02. The number of nitriles is 1. The first-order valence-corrected chi connectivity index (χ1v) is 5.45. The summed E-state index contributed by atoms with van der Waals surface area (Å²) in [6.45, 7) is 4.41. The Bertz CT molecular complexity index is 448. The summed E-state index contributed by atoms with van der Waals surface area (Å²) in [4.78, 5) is 13.4. The first-order valence-electron chi connectivity index (χ1n) is 5.45. The number of amides is 1. The molecule has 0 heterocycles. The number of aryl methyl sites for hydroxylation is 2. The Hall–Kier alpha value is -1.86. The highest BCUT2D eigenvalue weighted by Crippen LogP contribution is 2.16. The molecule has 0 aliphatic rings. The standard InChI is InChI=1S/C13H17N3O/c1-10-4-5-11(2)12(8-10)15-13(17)9-16(3)7-6-14/h4-5,8H,7,9H2,1-3H3,(H,15,17). The van der Waals surface area contributed by atoms with Gasteiger partial charge in [0.1, 0.15) is 0 Å². The third-order valence-electron chi connectivity index (χ3n) is 2.42. The molecule has 17 heavy (non-hydrogen) atoms. The van der Waals surface area contributed by atoms with Crippen LogP contribution in [-0.2, 0) is 4.79 Å². The van der Waals surface area contributed by atoms with Gasteiger partial charge in [0.15, 0.2) is 0 Å². The molecule has 90 valence electrons. The van der Waals surface area contributed by atoms with Crippen molar-refractivity contribution in [2.24, 2.45) is 0 Å². The number of nitrogens with zero attached hydrogens (tertiary/aromatic N) is 2. The number of hydrogen-bond acceptors (Lipinski definition) is 3. The molecule has 1 aromatic rings. The number of rotatable bonds is 4. The lowest BCUT2D eigenvalue weighted by Gasteiger charge is -2.13. The van der Waals surface area contributed by atoms with Gasteiger partial charge in [-0.25, -0.2) is 0 Å². The lowest BCUT2D eigenvalue weighted by Crippen LogP contribution is -2.30. The van der Waals surface area contributed by atoms with Crippen LogP contribution in [0.3, 0.4) is 0 Å². The van der Waals surface area contributed by atoms with E-state index >= 15 is 0 Å². The second-order valence-corrected chi connectivity index (χ2v) is 4.20. The van der Waals surface area contributed by atoms with E-state index in [9.17, 15) is 4.79 Å². The van der Waals surface area contributed by atoms with Gasteiger partial charge in [0.2, 0.25) is 5.91 Å². The third-order valence-corrected chi connectivity index (χ3v) is 2.42. The Balaban J connectivity index is 2.62. The Morgan fingerprint density at radius 3 is 2.82 bits per heavy atom. The molecule has 0 aliphatic heterocycles. The van der Waals surface area contributed by atoms with Gasteiger partial charge < -0.3 is 5.32 Å². The van der Waals surface area contributed by atoms with Crippen LogP contribution in [0.25, 0.3) is 0 Å². The van der Waals surface area contributed by atoms with E-state index in [4.69, 9.17) is 5.26 Å². The van der Waals surface area contributed by atoms with Crippen molar-refractivity contribution >= 4 is 11.6 Å². The molecule has 1 aromatic carbocycles. The Labute approximate surface area is 102 Å². The van der Waals surface area contributed by atoms with Crippen molar-refractivity contribution in [3.63, 3.8) is 0 Å². The zero-order chi connectivity index (χ0) is 12.8. The zero-order valence-electron chi connectivity index (χ0n) is 10.4. The fourth-order valence-corrected chi connectivity index (χ4v) is 1.48. The molecule has 1 rings (SSSR count). The molecule has 0 fully saturated rings. The van der Waals surface area contributed by atoms with Crippen molar-refractivity contribution in [3.8, 4) is 6.07 Å². The smallest absolute Gasteiger partial charge is 0.238 e. The van der Waals surface area contributed by atoms with Crippen LogP contribution in [0, 0.1) is 25.2 Å². The minimum absolute atomic E-state index is 0.101. The van der Waals surface area contributed by atoms with E-state index in [1.807, 2.05) is 38.1 Å². The molecule has 0 radical (unpaired) electrons. The highest BCUT2D eigenvalue weighted by molar-refractivity contribution is 5.93. The molecule has 0 atom stereocenters. The summed E-state index contributed by atoms with van der Waals surface area (Å²) in [5.74, 6) is -0.101. The van der Waals surface area contributed by atoms with Crippen LogP contribution in [0.5, 0.6) is 0 Å². The van der Waals surface area contributed by atoms with Crippen molar-refractivity contribution in [3.05, 3.63) is 29.3 Å². The molecule has 1 N–H and O–H groups in total. The normalized spacial score (nSPS) is 10.1. The SMILES string of the molecule is Cc1ccc(C)c(NC(=O)CN(C)CC#N)c1. The quantitative estimate of drug-likeness (QED) is 0.802. The summed E-state index contributed by atoms with van der Waals surface area (Å²) in [5.41, 5.74) is 2.98. The minimum atomic E-state index is -0.101. The Morgan fingerprint density at radius 1 is 1.47 bits per heavy atom. The monoisotopic (exact) mass is 231 g/mol. The van der Waals surface area contributed by atoms with E-state index in [1.165, 1.54) is 0 Å². The van der Waals surface area contributed by atoms with Crippen molar-refractivity contribution < 1.29 is 4.79 Å². The fourth-order valence-electron chi connectivity index (χ4n) is 1.48. The predicted octanol–water partition coefficient (Wildman–Crippen LogP) is 1.70. The number of carbonyl (C=O) groups excluding carboxylic acids is 1. The summed E-state index contributed by atoms with van der Waals surface area (Å²) >= 11 is 0. The Morgan fingerprint density at radius 2 is 2.18 bits per heavy atom.